The Labute approximate surface area is 591 Å². The molecule has 4 aromatic carbocycles. The highest BCUT2D eigenvalue weighted by atomic mass is 79.9. The lowest BCUT2D eigenvalue weighted by Gasteiger charge is -2.38. The van der Waals surface area contributed by atoms with E-state index in [9.17, 15) is 55.8 Å². The van der Waals surface area contributed by atoms with Crippen LogP contribution in [0.2, 0.25) is 20.1 Å². The molecule has 0 bridgehead atoms. The number of ether oxygens (including phenoxy) is 2. The van der Waals surface area contributed by atoms with Crippen molar-refractivity contribution in [3.8, 4) is 0 Å². The van der Waals surface area contributed by atoms with E-state index in [4.69, 9.17) is 80.9 Å². The number of aliphatic carboxylic acids is 1. The Bertz CT molecular complexity index is 4180. The van der Waals surface area contributed by atoms with Crippen LogP contribution < -0.4 is 25.8 Å². The van der Waals surface area contributed by atoms with Gasteiger partial charge in [0.2, 0.25) is 0 Å². The number of hydrogen-bond acceptors (Lipinski definition) is 19. The number of urea groups is 2. The summed E-state index contributed by atoms with van der Waals surface area (Å²) in [5.41, 5.74) is 3.05. The molecule has 0 saturated carbocycles. The van der Waals surface area contributed by atoms with Crippen LogP contribution in [0, 0.1) is 11.6 Å². The first-order valence-corrected chi connectivity index (χ1v) is 33.8. The predicted molar refractivity (Wildman–Crippen MR) is 359 cm³/mol. The van der Waals surface area contributed by atoms with Crippen molar-refractivity contribution < 1.29 is 80.3 Å². The number of piperazine rings is 2. The second kappa shape index (κ2) is 32.6. The minimum Gasteiger partial charge on any atom is -0.478 e. The van der Waals surface area contributed by atoms with E-state index in [0.29, 0.717) is 122 Å². The molecule has 4 saturated heterocycles. The number of aromatic carboxylic acids is 2. The first-order valence-electron chi connectivity index (χ1n) is 29.4. The number of thiazole rings is 2. The summed E-state index contributed by atoms with van der Waals surface area (Å²) < 4.78 is 70.9. The number of rotatable bonds is 15. The third kappa shape index (κ3) is 17.2. The number of aromatic nitrogens is 2. The van der Waals surface area contributed by atoms with Crippen molar-refractivity contribution in [3.05, 3.63) is 182 Å². The number of amidine groups is 2. The van der Waals surface area contributed by atoms with Gasteiger partial charge in [-0.15, -0.1) is 22.7 Å². The fourth-order valence-corrected chi connectivity index (χ4v) is 13.6. The zero-order valence-corrected chi connectivity index (χ0v) is 57.4. The number of halogens is 10. The van der Waals surface area contributed by atoms with E-state index in [2.05, 4.69) is 46.7 Å². The van der Waals surface area contributed by atoms with Gasteiger partial charge in [0.15, 0.2) is 21.7 Å². The lowest BCUT2D eigenvalue weighted by molar-refractivity contribution is -0.192. The van der Waals surface area contributed by atoms with Gasteiger partial charge < -0.3 is 50.5 Å². The van der Waals surface area contributed by atoms with E-state index >= 15 is 0 Å². The van der Waals surface area contributed by atoms with Crippen molar-refractivity contribution in [3.63, 3.8) is 0 Å². The fourth-order valence-electron chi connectivity index (χ4n) is 11.0. The molecule has 4 fully saturated rings. The van der Waals surface area contributed by atoms with Crippen molar-refractivity contribution >= 4 is 150 Å². The van der Waals surface area contributed by atoms with Crippen LogP contribution in [-0.2, 0) is 23.9 Å². The van der Waals surface area contributed by atoms with Crippen LogP contribution in [0.4, 0.5) is 42.9 Å². The molecule has 518 valence electrons. The molecule has 8 heterocycles. The number of nitrogens with one attached hydrogen (secondary N) is 3. The molecule has 24 nitrogen and oxygen atoms in total. The summed E-state index contributed by atoms with van der Waals surface area (Å²) in [6.45, 7) is 8.32. The summed E-state index contributed by atoms with van der Waals surface area (Å²) in [6.07, 6.45) is -1.71. The van der Waals surface area contributed by atoms with Crippen LogP contribution in [0.3, 0.4) is 0 Å². The first-order chi connectivity index (χ1) is 46.7. The van der Waals surface area contributed by atoms with Gasteiger partial charge in [0.1, 0.15) is 23.7 Å². The van der Waals surface area contributed by atoms with E-state index in [0.717, 1.165) is 29.8 Å². The number of carboxylic acid groups (broad SMARTS) is 3. The Kier molecular flexibility index (Phi) is 24.5. The number of nitrogens with zero attached hydrogens (tertiary/aromatic N) is 9. The molecule has 0 aliphatic carbocycles. The van der Waals surface area contributed by atoms with Gasteiger partial charge in [-0.05, 0) is 74.5 Å². The van der Waals surface area contributed by atoms with Gasteiger partial charge in [-0.1, -0.05) is 74.5 Å². The minimum atomic E-state index is -5.08. The van der Waals surface area contributed by atoms with Gasteiger partial charge in [-0.2, -0.15) is 13.2 Å². The van der Waals surface area contributed by atoms with Crippen LogP contribution in [-0.4, -0.2) is 189 Å². The van der Waals surface area contributed by atoms with Crippen LogP contribution >= 0.6 is 85.0 Å². The van der Waals surface area contributed by atoms with E-state index in [1.807, 2.05) is 10.8 Å². The molecule has 0 unspecified atom stereocenters. The normalized spacial score (nSPS) is 19.1. The summed E-state index contributed by atoms with van der Waals surface area (Å²) in [6, 6.07) is 15.3. The molecular weight excluding hydrogens is 1490 g/mol. The summed E-state index contributed by atoms with van der Waals surface area (Å²) in [5, 5.41) is 42.0. The number of aliphatic imine (C=N–C) groups is 2. The minimum absolute atomic E-state index is 0.0369. The Balaban J connectivity index is 0.000000178. The Morgan fingerprint density at radius 3 is 1.68 bits per heavy atom. The van der Waals surface area contributed by atoms with Gasteiger partial charge in [0.25, 0.3) is 0 Å². The average Bonchev–Trinajstić information content (AvgIpc) is 1.18. The third-order valence-corrected chi connectivity index (χ3v) is 18.7. The maximum atomic E-state index is 14.4. The molecule has 12 rings (SSSR count). The van der Waals surface area contributed by atoms with E-state index in [-0.39, 0.29) is 60.8 Å². The molecule has 98 heavy (non-hydrogen) atoms. The maximum absolute atomic E-state index is 14.4. The molecule has 36 heteroatoms. The Morgan fingerprint density at radius 1 is 0.663 bits per heavy atom. The number of esters is 2. The first kappa shape index (κ1) is 73.9. The van der Waals surface area contributed by atoms with Crippen LogP contribution in [0.5, 0.6) is 0 Å². The smallest absolute Gasteiger partial charge is 0.478 e. The number of benzene rings is 4. The van der Waals surface area contributed by atoms with Gasteiger partial charge in [0, 0.05) is 136 Å². The second-order valence-electron chi connectivity index (χ2n) is 21.5. The number of allylic oxidation sites excluding steroid dienone is 1. The summed E-state index contributed by atoms with van der Waals surface area (Å²) in [7, 11) is 0. The van der Waals surface area contributed by atoms with Crippen molar-refractivity contribution in [2.24, 2.45) is 9.98 Å². The van der Waals surface area contributed by atoms with Crippen molar-refractivity contribution in [2.45, 2.75) is 44.2 Å². The van der Waals surface area contributed by atoms with Gasteiger partial charge >= 0.3 is 48.1 Å². The summed E-state index contributed by atoms with van der Waals surface area (Å²) >= 11 is 31.5. The maximum Gasteiger partial charge on any atom is 0.490 e. The SMILES string of the molecule is CCOC(=O)C1=C(CBr)NC(c2nccs2)=N[C@H]1c1ccc(Cl)cc1Cl.CCOC(=O)C1=C(CN2CCN3C(=O)N(c4ccc(C(=O)O)c(F)c4)C[C@@H]3C2)NC(c2nccs2)=N[C@H]1c1ccc(Cl)cc1Cl.O=C(O)C(F)(F)F.O=C(O)c1ccc(N2C[C@@H]3CNCCN3C2=O)c(F)c1. The van der Waals surface area contributed by atoms with E-state index in [1.165, 1.54) is 50.7 Å². The number of carbonyl (C=O) groups excluding carboxylic acids is 4. The standard InChI is InChI=1S/C30H27Cl2FN6O5S.C17H14BrCl2N3O2S.C13H14FN3O3.C2HF3O2/c1-2-44-29(42)24-23(35-26(27-34-7-10-45-27)36-25(24)19-5-3-16(31)11-21(19)32)15-37-8-9-38-18(13-37)14-39(30(38)43)17-4-6-20(28(40)41)22(33)12-17;1-2-25-17(24)13-12(8-18)22-15(16-21-5-6-26-16)23-14(13)10-4-3-9(19)7-11(10)20;14-10-5-8(12(18)19)1-2-11(10)17-7-9-6-15-3-4-16(9)13(17)20;3-2(4,5)1(6)7/h3-7,10-12,18,25H,2,8-9,13-15H2,1H3,(H,35,36)(H,40,41);3-7,14H,2,8H2,1H3,(H,22,23);1-2,5,9,15H,3-4,6-7H2,(H,18,19);(H,6,7)/t18-,25-;14-;9-;/m000./s1. The predicted octanol–water partition coefficient (Wildman–Crippen LogP) is 10.9. The summed E-state index contributed by atoms with van der Waals surface area (Å²) in [5.74, 6) is -6.83. The van der Waals surface area contributed by atoms with Crippen LogP contribution in [0.15, 0.2) is 128 Å². The number of anilines is 2. The second-order valence-corrected chi connectivity index (χ2v) is 25.6. The third-order valence-electron chi connectivity index (χ3n) is 15.4. The fraction of sp³-hybridized carbons (Fsp3) is 0.306. The highest BCUT2D eigenvalue weighted by Gasteiger charge is 2.44. The molecule has 6 aromatic rings. The number of hydrogen-bond donors (Lipinski definition) is 6. The summed E-state index contributed by atoms with van der Waals surface area (Å²) in [4.78, 5) is 109. The number of carboxylic acids is 3. The zero-order chi connectivity index (χ0) is 70.9. The van der Waals surface area contributed by atoms with Crippen LogP contribution in [0.1, 0.15) is 67.8 Å². The highest BCUT2D eigenvalue weighted by Crippen LogP contribution is 2.40. The molecular formula is C62H56BrCl4F5N12O12S2. The molecule has 4 atom stereocenters. The van der Waals surface area contributed by atoms with Crippen LogP contribution in [0.25, 0.3) is 0 Å². The molecule has 2 aromatic heterocycles. The topological polar surface area (TPSA) is 301 Å². The van der Waals surface area contributed by atoms with E-state index < -0.39 is 65.3 Å². The lowest BCUT2D eigenvalue weighted by atomic mass is 9.95. The molecule has 6 N–H and O–H groups in total. The van der Waals surface area contributed by atoms with Gasteiger partial charge in [-0.25, -0.2) is 52.3 Å². The van der Waals surface area contributed by atoms with Crippen molar-refractivity contribution in [1.82, 2.24) is 40.6 Å². The van der Waals surface area contributed by atoms with Gasteiger partial charge in [0.05, 0.1) is 53.3 Å². The van der Waals surface area contributed by atoms with E-state index in [1.54, 1.807) is 72.4 Å². The highest BCUT2D eigenvalue weighted by molar-refractivity contribution is 9.09. The zero-order valence-electron chi connectivity index (χ0n) is 51.2. The molecule has 6 aliphatic rings. The lowest BCUT2D eigenvalue weighted by Crippen LogP contribution is -2.53. The number of alkyl halides is 4. The monoisotopic (exact) mass is 1540 g/mol. The quantitative estimate of drug-likeness (QED) is 0.0316. The largest absolute Gasteiger partial charge is 0.490 e. The van der Waals surface area contributed by atoms with Crippen molar-refractivity contribution in [1.29, 1.82) is 0 Å². The number of fused-ring (bicyclic) bond motifs is 2. The average molecular weight is 1540 g/mol. The Morgan fingerprint density at radius 2 is 1.20 bits per heavy atom. The Hall–Kier alpha value is -8.34. The molecule has 6 aliphatic heterocycles. The number of carbonyl (C=O) groups is 7. The van der Waals surface area contributed by atoms with Crippen molar-refractivity contribution in [2.75, 3.05) is 87.2 Å². The van der Waals surface area contributed by atoms with Gasteiger partial charge in [-0.3, -0.25) is 24.7 Å². The molecule has 0 spiro atoms. The molecule has 4 amide bonds. The molecule has 0 radical (unpaired) electrons. The number of amides is 4.